The van der Waals surface area contributed by atoms with Crippen LogP contribution < -0.4 is 0 Å². The normalized spacial score (nSPS) is 11.0. The van der Waals surface area contributed by atoms with E-state index in [9.17, 15) is 20.2 Å². The Labute approximate surface area is 141 Å². The van der Waals surface area contributed by atoms with Crippen molar-refractivity contribution < 1.29 is 9.85 Å². The molecular formula is C18H11N3O4. The molecule has 0 N–H and O–H groups in total. The quantitative estimate of drug-likeness (QED) is 0.404. The summed E-state index contributed by atoms with van der Waals surface area (Å²) in [7, 11) is 0. The van der Waals surface area contributed by atoms with Gasteiger partial charge in [0.1, 0.15) is 0 Å². The summed E-state index contributed by atoms with van der Waals surface area (Å²) in [6.45, 7) is 0. The maximum Gasteiger partial charge on any atom is 0.278 e. The molecule has 1 aromatic heterocycles. The molecule has 122 valence electrons. The number of nitro benzene ring substituents is 2. The first-order chi connectivity index (χ1) is 12.1. The predicted octanol–water partition coefficient (Wildman–Crippen LogP) is 4.60. The molecule has 0 aliphatic carbocycles. The Kier molecular flexibility index (Phi) is 3.21. The highest BCUT2D eigenvalue weighted by atomic mass is 16.6. The molecule has 0 aliphatic heterocycles. The number of nitro groups is 2. The first-order valence-electron chi connectivity index (χ1n) is 7.49. The van der Waals surface area contributed by atoms with Crippen molar-refractivity contribution in [1.29, 1.82) is 0 Å². The molecule has 0 fully saturated rings. The average molecular weight is 333 g/mol. The van der Waals surface area contributed by atoms with Gasteiger partial charge < -0.3 is 4.57 Å². The predicted molar refractivity (Wildman–Crippen MR) is 94.1 cm³/mol. The standard InChI is InChI=1S/C18H11N3O4/c22-20(23)13-9-12(10-14(11-13)21(24)25)19-17-7-3-1-5-15(17)16-6-2-4-8-18(16)19/h1-11H. The van der Waals surface area contributed by atoms with Gasteiger partial charge in [-0.2, -0.15) is 0 Å². The molecule has 0 bridgehead atoms. The summed E-state index contributed by atoms with van der Waals surface area (Å²) >= 11 is 0. The number of aromatic nitrogens is 1. The van der Waals surface area contributed by atoms with E-state index < -0.39 is 9.85 Å². The van der Waals surface area contributed by atoms with Gasteiger partial charge in [-0.3, -0.25) is 20.2 Å². The molecule has 0 spiro atoms. The van der Waals surface area contributed by atoms with E-state index in [2.05, 4.69) is 0 Å². The van der Waals surface area contributed by atoms with Crippen molar-refractivity contribution in [1.82, 2.24) is 4.57 Å². The molecule has 0 radical (unpaired) electrons. The fourth-order valence-corrected chi connectivity index (χ4v) is 3.12. The highest BCUT2D eigenvalue weighted by Crippen LogP contribution is 2.34. The monoisotopic (exact) mass is 333 g/mol. The van der Waals surface area contributed by atoms with Crippen LogP contribution in [0.15, 0.2) is 66.7 Å². The van der Waals surface area contributed by atoms with Crippen molar-refractivity contribution in [2.45, 2.75) is 0 Å². The van der Waals surface area contributed by atoms with Crippen molar-refractivity contribution in [3.8, 4) is 5.69 Å². The average Bonchev–Trinajstić information content (AvgIpc) is 2.96. The van der Waals surface area contributed by atoms with Crippen LogP contribution in [0, 0.1) is 20.2 Å². The number of hydrogen-bond donors (Lipinski definition) is 0. The lowest BCUT2D eigenvalue weighted by Crippen LogP contribution is -1.99. The van der Waals surface area contributed by atoms with Gasteiger partial charge in [-0.15, -0.1) is 0 Å². The van der Waals surface area contributed by atoms with Gasteiger partial charge in [-0.1, -0.05) is 36.4 Å². The van der Waals surface area contributed by atoms with E-state index in [1.807, 2.05) is 53.1 Å². The number of non-ortho nitro benzene ring substituents is 2. The zero-order valence-electron chi connectivity index (χ0n) is 12.8. The fraction of sp³-hybridized carbons (Fsp3) is 0. The third-order valence-electron chi connectivity index (χ3n) is 4.15. The lowest BCUT2D eigenvalue weighted by atomic mass is 10.2. The van der Waals surface area contributed by atoms with Crippen molar-refractivity contribution in [2.24, 2.45) is 0 Å². The summed E-state index contributed by atoms with van der Waals surface area (Å²) < 4.78 is 1.81. The van der Waals surface area contributed by atoms with Crippen LogP contribution in [0.2, 0.25) is 0 Å². The Morgan fingerprint density at radius 2 is 1.12 bits per heavy atom. The first kappa shape index (κ1) is 14.8. The second-order valence-electron chi connectivity index (χ2n) is 5.59. The van der Waals surface area contributed by atoms with Gasteiger partial charge in [-0.05, 0) is 12.1 Å². The summed E-state index contributed by atoms with van der Waals surface area (Å²) in [6, 6.07) is 18.9. The van der Waals surface area contributed by atoms with Gasteiger partial charge in [0.25, 0.3) is 11.4 Å². The van der Waals surface area contributed by atoms with Gasteiger partial charge in [0, 0.05) is 22.9 Å². The zero-order valence-corrected chi connectivity index (χ0v) is 12.8. The van der Waals surface area contributed by atoms with Crippen molar-refractivity contribution in [3.05, 3.63) is 87.0 Å². The highest BCUT2D eigenvalue weighted by molar-refractivity contribution is 6.09. The highest BCUT2D eigenvalue weighted by Gasteiger charge is 2.19. The van der Waals surface area contributed by atoms with Crippen LogP contribution in [-0.4, -0.2) is 14.4 Å². The van der Waals surface area contributed by atoms with E-state index in [1.165, 1.54) is 12.1 Å². The van der Waals surface area contributed by atoms with Gasteiger partial charge in [-0.25, -0.2) is 0 Å². The van der Waals surface area contributed by atoms with E-state index >= 15 is 0 Å². The summed E-state index contributed by atoms with van der Waals surface area (Å²) in [6.07, 6.45) is 0. The van der Waals surface area contributed by atoms with Crippen LogP contribution in [0.1, 0.15) is 0 Å². The molecule has 0 aliphatic rings. The summed E-state index contributed by atoms with van der Waals surface area (Å²) in [5.74, 6) is 0. The van der Waals surface area contributed by atoms with E-state index in [1.54, 1.807) is 0 Å². The van der Waals surface area contributed by atoms with Crippen LogP contribution in [0.3, 0.4) is 0 Å². The van der Waals surface area contributed by atoms with E-state index in [0.29, 0.717) is 5.69 Å². The smallest absolute Gasteiger partial charge is 0.278 e. The van der Waals surface area contributed by atoms with Crippen molar-refractivity contribution in [2.75, 3.05) is 0 Å². The molecule has 4 aromatic rings. The molecule has 0 amide bonds. The third kappa shape index (κ3) is 2.29. The second-order valence-corrected chi connectivity index (χ2v) is 5.59. The van der Waals surface area contributed by atoms with Gasteiger partial charge >= 0.3 is 0 Å². The van der Waals surface area contributed by atoms with Crippen LogP contribution in [0.5, 0.6) is 0 Å². The largest absolute Gasteiger partial charge is 0.309 e. The maximum absolute atomic E-state index is 11.2. The van der Waals surface area contributed by atoms with E-state index in [4.69, 9.17) is 0 Å². The minimum Gasteiger partial charge on any atom is -0.309 e. The molecule has 7 nitrogen and oxygen atoms in total. The van der Waals surface area contributed by atoms with Gasteiger partial charge in [0.2, 0.25) is 0 Å². The molecule has 3 aromatic carbocycles. The van der Waals surface area contributed by atoms with Crippen LogP contribution >= 0.6 is 0 Å². The number of hydrogen-bond acceptors (Lipinski definition) is 4. The van der Waals surface area contributed by atoms with Crippen LogP contribution in [-0.2, 0) is 0 Å². The number of nitrogens with zero attached hydrogens (tertiary/aromatic N) is 3. The Balaban J connectivity index is 2.14. The molecule has 25 heavy (non-hydrogen) atoms. The summed E-state index contributed by atoms with van der Waals surface area (Å²) in [4.78, 5) is 21.2. The second kappa shape index (κ2) is 5.41. The fourth-order valence-electron chi connectivity index (χ4n) is 3.12. The zero-order chi connectivity index (χ0) is 17.6. The minimum atomic E-state index is -0.621. The Hall–Kier alpha value is -3.74. The maximum atomic E-state index is 11.2. The minimum absolute atomic E-state index is 0.314. The van der Waals surface area contributed by atoms with Crippen molar-refractivity contribution >= 4 is 33.2 Å². The van der Waals surface area contributed by atoms with Crippen LogP contribution in [0.25, 0.3) is 27.5 Å². The molecule has 0 unspecified atom stereocenters. The summed E-state index contributed by atoms with van der Waals surface area (Å²) in [5, 5.41) is 24.4. The van der Waals surface area contributed by atoms with Gasteiger partial charge in [0.05, 0.1) is 32.6 Å². The topological polar surface area (TPSA) is 91.2 Å². The first-order valence-corrected chi connectivity index (χ1v) is 7.49. The Morgan fingerprint density at radius 1 is 0.680 bits per heavy atom. The van der Waals surface area contributed by atoms with Gasteiger partial charge in [0.15, 0.2) is 0 Å². The molecular weight excluding hydrogens is 322 g/mol. The number of benzene rings is 3. The van der Waals surface area contributed by atoms with Crippen molar-refractivity contribution in [3.63, 3.8) is 0 Å². The molecule has 1 heterocycles. The third-order valence-corrected chi connectivity index (χ3v) is 4.15. The number of para-hydroxylation sites is 2. The number of rotatable bonds is 3. The Bertz CT molecular complexity index is 1080. The summed E-state index contributed by atoms with van der Waals surface area (Å²) in [5.41, 5.74) is 1.42. The lowest BCUT2D eigenvalue weighted by Gasteiger charge is -2.07. The lowest BCUT2D eigenvalue weighted by molar-refractivity contribution is -0.394. The molecule has 0 saturated carbocycles. The molecule has 0 saturated heterocycles. The van der Waals surface area contributed by atoms with Crippen LogP contribution in [0.4, 0.5) is 11.4 Å². The molecule has 0 atom stereocenters. The Morgan fingerprint density at radius 3 is 1.56 bits per heavy atom. The van der Waals surface area contributed by atoms with E-state index in [-0.39, 0.29) is 11.4 Å². The number of fused-ring (bicyclic) bond motifs is 3. The molecule has 4 rings (SSSR count). The van der Waals surface area contributed by atoms with E-state index in [0.717, 1.165) is 27.9 Å². The molecule has 7 heteroatoms. The SMILES string of the molecule is O=[N+]([O-])c1cc(-n2c3ccccc3c3ccccc32)cc([N+](=O)[O-])c1.